The molecule has 2 saturated heterocycles. The van der Waals surface area contributed by atoms with E-state index in [1.807, 2.05) is 23.1 Å². The van der Waals surface area contributed by atoms with Crippen LogP contribution in [-0.4, -0.2) is 58.6 Å². The van der Waals surface area contributed by atoms with Crippen LogP contribution in [0.25, 0.3) is 0 Å². The second-order valence-electron chi connectivity index (χ2n) is 8.47. The van der Waals surface area contributed by atoms with Crippen molar-refractivity contribution in [3.8, 4) is 0 Å². The molecule has 0 radical (unpaired) electrons. The zero-order valence-electron chi connectivity index (χ0n) is 16.4. The minimum absolute atomic E-state index is 0.261. The van der Waals surface area contributed by atoms with E-state index in [1.165, 1.54) is 18.4 Å². The Kier molecular flexibility index (Phi) is 6.36. The predicted octanol–water partition coefficient (Wildman–Crippen LogP) is 3.09. The lowest BCUT2D eigenvalue weighted by Gasteiger charge is -2.41. The van der Waals surface area contributed by atoms with Gasteiger partial charge in [0.25, 0.3) is 0 Å². The maximum atomic E-state index is 13.0. The minimum atomic E-state index is -0.394. The molecule has 4 nitrogen and oxygen atoms in total. The Hall–Kier alpha value is -1.39. The van der Waals surface area contributed by atoms with Crippen molar-refractivity contribution in [1.29, 1.82) is 0 Å². The molecule has 144 valence electrons. The van der Waals surface area contributed by atoms with Crippen LogP contribution in [0.1, 0.15) is 51.5 Å². The highest BCUT2D eigenvalue weighted by Gasteiger charge is 2.40. The normalized spacial score (nSPS) is 21.1. The molecule has 4 heteroatoms. The molecule has 0 aliphatic carbocycles. The van der Waals surface area contributed by atoms with Crippen molar-refractivity contribution in [3.63, 3.8) is 0 Å². The topological polar surface area (TPSA) is 43.8 Å². The van der Waals surface area contributed by atoms with Gasteiger partial charge < -0.3 is 10.0 Å². The highest BCUT2D eigenvalue weighted by molar-refractivity contribution is 5.85. The van der Waals surface area contributed by atoms with Gasteiger partial charge in [-0.1, -0.05) is 30.3 Å². The summed E-state index contributed by atoms with van der Waals surface area (Å²) in [5.41, 5.74) is 0.890. The van der Waals surface area contributed by atoms with Crippen LogP contribution >= 0.6 is 0 Å². The van der Waals surface area contributed by atoms with Crippen molar-refractivity contribution in [2.75, 3.05) is 26.2 Å². The zero-order valence-corrected chi connectivity index (χ0v) is 16.4. The van der Waals surface area contributed by atoms with Gasteiger partial charge in [0, 0.05) is 13.1 Å². The fourth-order valence-electron chi connectivity index (χ4n) is 4.48. The van der Waals surface area contributed by atoms with Crippen LogP contribution < -0.4 is 0 Å². The third-order valence-electron chi connectivity index (χ3n) is 6.36. The number of rotatable bonds is 6. The van der Waals surface area contributed by atoms with Crippen LogP contribution in [0.5, 0.6) is 0 Å². The van der Waals surface area contributed by atoms with Gasteiger partial charge in [0.2, 0.25) is 5.91 Å². The monoisotopic (exact) mass is 358 g/mol. The molecule has 1 aromatic carbocycles. The third-order valence-corrected chi connectivity index (χ3v) is 6.36. The number of carbonyl (C=O) groups is 1. The van der Waals surface area contributed by atoms with E-state index in [0.29, 0.717) is 5.92 Å². The molecule has 1 N–H and O–H groups in total. The Balaban J connectivity index is 1.46. The molecular formula is C22H34N2O2. The van der Waals surface area contributed by atoms with Gasteiger partial charge in [0.1, 0.15) is 0 Å². The molecule has 2 aliphatic rings. The average Bonchev–Trinajstić information content (AvgIpc) is 3.22. The first-order valence-corrected chi connectivity index (χ1v) is 10.2. The molecule has 1 atom stereocenters. The molecule has 2 heterocycles. The summed E-state index contributed by atoms with van der Waals surface area (Å²) in [5.74, 6) is 0.578. The molecule has 0 bridgehead atoms. The highest BCUT2D eigenvalue weighted by atomic mass is 16.3. The van der Waals surface area contributed by atoms with Crippen LogP contribution in [-0.2, 0) is 11.2 Å². The number of nitrogens with zero attached hydrogens (tertiary/aromatic N) is 2. The van der Waals surface area contributed by atoms with Gasteiger partial charge in [-0.05, 0) is 76.9 Å². The summed E-state index contributed by atoms with van der Waals surface area (Å²) in [4.78, 5) is 17.4. The number of likely N-dealkylation sites (tertiary alicyclic amines) is 2. The lowest BCUT2D eigenvalue weighted by atomic mass is 9.87. The van der Waals surface area contributed by atoms with Gasteiger partial charge in [-0.3, -0.25) is 9.69 Å². The molecule has 0 spiro atoms. The number of benzene rings is 1. The van der Waals surface area contributed by atoms with Crippen molar-refractivity contribution in [3.05, 3.63) is 35.9 Å². The fraction of sp³-hybridized carbons (Fsp3) is 0.682. The maximum absolute atomic E-state index is 13.0. The summed E-state index contributed by atoms with van der Waals surface area (Å²) in [6.07, 6.45) is 5.69. The van der Waals surface area contributed by atoms with Gasteiger partial charge in [-0.25, -0.2) is 0 Å². The van der Waals surface area contributed by atoms with E-state index in [0.717, 1.165) is 51.9 Å². The highest BCUT2D eigenvalue weighted by Crippen LogP contribution is 2.28. The summed E-state index contributed by atoms with van der Waals surface area (Å²) in [5, 5.41) is 10.6. The molecule has 1 amide bonds. The quantitative estimate of drug-likeness (QED) is 0.850. The molecule has 0 saturated carbocycles. The Bertz CT molecular complexity index is 573. The van der Waals surface area contributed by atoms with Gasteiger partial charge in [0.05, 0.1) is 11.6 Å². The first kappa shape index (κ1) is 19.4. The summed E-state index contributed by atoms with van der Waals surface area (Å²) in [7, 11) is 0. The molecule has 2 fully saturated rings. The van der Waals surface area contributed by atoms with Gasteiger partial charge in [-0.15, -0.1) is 0 Å². The third kappa shape index (κ3) is 4.47. The van der Waals surface area contributed by atoms with Crippen molar-refractivity contribution in [2.24, 2.45) is 5.92 Å². The molecule has 0 aromatic heterocycles. The van der Waals surface area contributed by atoms with E-state index in [-0.39, 0.29) is 12.0 Å². The Morgan fingerprint density at radius 2 is 1.73 bits per heavy atom. The number of hydrogen-bond acceptors (Lipinski definition) is 3. The number of aliphatic hydroxyl groups excluding tert-OH is 1. The largest absolute Gasteiger partial charge is 0.393 e. The van der Waals surface area contributed by atoms with E-state index in [2.05, 4.69) is 30.9 Å². The van der Waals surface area contributed by atoms with Crippen molar-refractivity contribution < 1.29 is 9.90 Å². The molecule has 1 aromatic rings. The molecule has 3 rings (SSSR count). The molecule has 1 unspecified atom stereocenters. The molecule has 2 aliphatic heterocycles. The Morgan fingerprint density at radius 3 is 2.35 bits per heavy atom. The van der Waals surface area contributed by atoms with Crippen LogP contribution in [0.3, 0.4) is 0 Å². The van der Waals surface area contributed by atoms with Crippen LogP contribution in [0, 0.1) is 5.92 Å². The van der Waals surface area contributed by atoms with Crippen LogP contribution in [0.15, 0.2) is 30.3 Å². The van der Waals surface area contributed by atoms with Crippen LogP contribution in [0.4, 0.5) is 0 Å². The van der Waals surface area contributed by atoms with Crippen molar-refractivity contribution in [2.45, 2.75) is 64.0 Å². The van der Waals surface area contributed by atoms with E-state index >= 15 is 0 Å². The SMILES string of the molecule is CC(C)(C(=O)N1CCC(C(O)CCc2ccccc2)CC1)N1CCCC1. The van der Waals surface area contributed by atoms with Gasteiger partial charge in [-0.2, -0.15) is 0 Å². The second kappa shape index (κ2) is 8.53. The number of hydrogen-bond donors (Lipinski definition) is 1. The van der Waals surface area contributed by atoms with E-state index < -0.39 is 5.54 Å². The summed E-state index contributed by atoms with van der Waals surface area (Å²) < 4.78 is 0. The van der Waals surface area contributed by atoms with E-state index in [9.17, 15) is 9.90 Å². The minimum Gasteiger partial charge on any atom is -0.393 e. The first-order chi connectivity index (χ1) is 12.5. The van der Waals surface area contributed by atoms with Crippen molar-refractivity contribution in [1.82, 2.24) is 9.80 Å². The van der Waals surface area contributed by atoms with Gasteiger partial charge >= 0.3 is 0 Å². The fourth-order valence-corrected chi connectivity index (χ4v) is 4.48. The van der Waals surface area contributed by atoms with Crippen LogP contribution in [0.2, 0.25) is 0 Å². The second-order valence-corrected chi connectivity index (χ2v) is 8.47. The van der Waals surface area contributed by atoms with Crippen molar-refractivity contribution >= 4 is 5.91 Å². The summed E-state index contributed by atoms with van der Waals surface area (Å²) in [6, 6.07) is 10.4. The Labute approximate surface area is 158 Å². The molecular weight excluding hydrogens is 324 g/mol. The number of aryl methyl sites for hydroxylation is 1. The lowest BCUT2D eigenvalue weighted by molar-refractivity contribution is -0.144. The number of aliphatic hydroxyl groups is 1. The first-order valence-electron chi connectivity index (χ1n) is 10.2. The number of piperidine rings is 1. The lowest BCUT2D eigenvalue weighted by Crippen LogP contribution is -2.56. The smallest absolute Gasteiger partial charge is 0.242 e. The average molecular weight is 359 g/mol. The predicted molar refractivity (Wildman–Crippen MR) is 105 cm³/mol. The van der Waals surface area contributed by atoms with Gasteiger partial charge in [0.15, 0.2) is 0 Å². The summed E-state index contributed by atoms with van der Waals surface area (Å²) in [6.45, 7) is 7.77. The van der Waals surface area contributed by atoms with E-state index in [1.54, 1.807) is 0 Å². The standard InChI is InChI=1S/C22H34N2O2/c1-22(2,24-14-6-7-15-24)21(26)23-16-12-19(13-17-23)20(25)11-10-18-8-4-3-5-9-18/h3-5,8-9,19-20,25H,6-7,10-17H2,1-2H3. The molecule has 26 heavy (non-hydrogen) atoms. The summed E-state index contributed by atoms with van der Waals surface area (Å²) >= 11 is 0. The number of carbonyl (C=O) groups excluding carboxylic acids is 1. The zero-order chi connectivity index (χ0) is 18.6. The van der Waals surface area contributed by atoms with E-state index in [4.69, 9.17) is 0 Å². The number of amides is 1. The Morgan fingerprint density at radius 1 is 1.12 bits per heavy atom. The maximum Gasteiger partial charge on any atom is 0.242 e.